The van der Waals surface area contributed by atoms with E-state index in [1.54, 1.807) is 0 Å². The van der Waals surface area contributed by atoms with Crippen molar-refractivity contribution in [1.82, 2.24) is 20.4 Å². The molecule has 2 aliphatic rings. The Morgan fingerprint density at radius 2 is 1.75 bits per heavy atom. The van der Waals surface area contributed by atoms with Gasteiger partial charge >= 0.3 is 0 Å². The van der Waals surface area contributed by atoms with E-state index in [1.807, 2.05) is 0 Å². The highest BCUT2D eigenvalue weighted by Gasteiger charge is 2.21. The van der Waals surface area contributed by atoms with Crippen molar-refractivity contribution in [2.24, 2.45) is 0 Å². The Balaban J connectivity index is 1.57. The highest BCUT2D eigenvalue weighted by Crippen LogP contribution is 2.29. The van der Waals surface area contributed by atoms with Gasteiger partial charge in [-0.15, -0.1) is 0 Å². The largest absolute Gasteiger partial charge is 0.339 e. The molecule has 2 fully saturated rings. The molecular weight excluding hydrogens is 252 g/mol. The van der Waals surface area contributed by atoms with Crippen molar-refractivity contribution in [3.63, 3.8) is 0 Å². The van der Waals surface area contributed by atoms with Crippen molar-refractivity contribution in [2.75, 3.05) is 26.2 Å². The predicted molar refractivity (Wildman–Crippen MR) is 77.5 cm³/mol. The number of nitrogens with zero attached hydrogens (tertiary/aromatic N) is 3. The molecule has 1 aromatic rings. The lowest BCUT2D eigenvalue weighted by molar-refractivity contribution is 0.224. The number of aromatic nitrogens is 2. The van der Waals surface area contributed by atoms with Crippen molar-refractivity contribution in [3.05, 3.63) is 11.7 Å². The van der Waals surface area contributed by atoms with Gasteiger partial charge in [0, 0.05) is 32.1 Å². The first-order valence-corrected chi connectivity index (χ1v) is 8.17. The Bertz CT molecular complexity index is 392. The van der Waals surface area contributed by atoms with Gasteiger partial charge in [-0.1, -0.05) is 37.3 Å². The van der Waals surface area contributed by atoms with Gasteiger partial charge in [0.1, 0.15) is 0 Å². The normalized spacial score (nSPS) is 23.4. The Labute approximate surface area is 121 Å². The molecule has 0 radical (unpaired) electrons. The zero-order valence-corrected chi connectivity index (χ0v) is 12.3. The molecule has 3 rings (SSSR count). The highest BCUT2D eigenvalue weighted by atomic mass is 16.5. The van der Waals surface area contributed by atoms with Crippen LogP contribution in [0.2, 0.25) is 0 Å². The molecule has 0 atom stereocenters. The van der Waals surface area contributed by atoms with Gasteiger partial charge in [-0.05, 0) is 12.8 Å². The van der Waals surface area contributed by atoms with E-state index in [0.29, 0.717) is 5.92 Å². The lowest BCUT2D eigenvalue weighted by atomic mass is 9.91. The van der Waals surface area contributed by atoms with Crippen molar-refractivity contribution < 1.29 is 4.52 Å². The second kappa shape index (κ2) is 7.18. The van der Waals surface area contributed by atoms with Crippen LogP contribution in [0.15, 0.2) is 4.52 Å². The first-order chi connectivity index (χ1) is 9.92. The standard InChI is InChI=1S/C15H26N4O/c1-2-4-6-13(7-5-3-1)15-17-14(18-20-15)12-19-10-8-16-9-11-19/h13,16H,1-12H2. The van der Waals surface area contributed by atoms with Gasteiger partial charge < -0.3 is 9.84 Å². The molecule has 0 aromatic carbocycles. The molecule has 5 heteroatoms. The number of rotatable bonds is 3. The third-order valence-electron chi connectivity index (χ3n) is 4.51. The smallest absolute Gasteiger partial charge is 0.229 e. The van der Waals surface area contributed by atoms with E-state index < -0.39 is 0 Å². The molecule has 1 saturated carbocycles. The maximum Gasteiger partial charge on any atom is 0.229 e. The fourth-order valence-electron chi connectivity index (χ4n) is 3.27. The van der Waals surface area contributed by atoms with E-state index in [0.717, 1.165) is 44.4 Å². The van der Waals surface area contributed by atoms with Crippen molar-refractivity contribution in [2.45, 2.75) is 57.4 Å². The van der Waals surface area contributed by atoms with Crippen molar-refractivity contribution in [1.29, 1.82) is 0 Å². The van der Waals surface area contributed by atoms with Crippen LogP contribution in [-0.4, -0.2) is 41.2 Å². The number of hydrogen-bond acceptors (Lipinski definition) is 5. The summed E-state index contributed by atoms with van der Waals surface area (Å²) < 4.78 is 5.54. The lowest BCUT2D eigenvalue weighted by Gasteiger charge is -2.25. The number of piperazine rings is 1. The summed E-state index contributed by atoms with van der Waals surface area (Å²) in [7, 11) is 0. The summed E-state index contributed by atoms with van der Waals surface area (Å²) >= 11 is 0. The summed E-state index contributed by atoms with van der Waals surface area (Å²) in [5.41, 5.74) is 0. The topological polar surface area (TPSA) is 54.2 Å². The van der Waals surface area contributed by atoms with E-state index in [-0.39, 0.29) is 0 Å². The van der Waals surface area contributed by atoms with Crippen LogP contribution >= 0.6 is 0 Å². The van der Waals surface area contributed by atoms with E-state index in [9.17, 15) is 0 Å². The van der Waals surface area contributed by atoms with Gasteiger partial charge in [-0.2, -0.15) is 4.98 Å². The molecule has 112 valence electrons. The van der Waals surface area contributed by atoms with Gasteiger partial charge in [-0.3, -0.25) is 4.90 Å². The van der Waals surface area contributed by atoms with Gasteiger partial charge in [0.15, 0.2) is 5.82 Å². The van der Waals surface area contributed by atoms with E-state index in [2.05, 4.69) is 20.4 Å². The van der Waals surface area contributed by atoms with Crippen LogP contribution < -0.4 is 5.32 Å². The predicted octanol–water partition coefficient (Wildman–Crippen LogP) is 2.30. The fourth-order valence-corrected chi connectivity index (χ4v) is 3.27. The van der Waals surface area contributed by atoms with Gasteiger partial charge in [0.25, 0.3) is 0 Å². The number of hydrogen-bond donors (Lipinski definition) is 1. The molecular formula is C15H26N4O. The quantitative estimate of drug-likeness (QED) is 0.919. The lowest BCUT2D eigenvalue weighted by Crippen LogP contribution is -2.43. The molecule has 1 aliphatic carbocycles. The van der Waals surface area contributed by atoms with Crippen LogP contribution in [-0.2, 0) is 6.54 Å². The SMILES string of the molecule is C1CCCC(c2nc(CN3CCNCC3)no2)CCC1. The Morgan fingerprint density at radius 3 is 2.50 bits per heavy atom. The van der Waals surface area contributed by atoms with Crippen LogP contribution in [0.25, 0.3) is 0 Å². The molecule has 20 heavy (non-hydrogen) atoms. The molecule has 0 amide bonds. The van der Waals surface area contributed by atoms with E-state index >= 15 is 0 Å². The monoisotopic (exact) mass is 278 g/mol. The molecule has 5 nitrogen and oxygen atoms in total. The second-order valence-electron chi connectivity index (χ2n) is 6.12. The third-order valence-corrected chi connectivity index (χ3v) is 4.51. The summed E-state index contributed by atoms with van der Waals surface area (Å²) in [6, 6.07) is 0. The molecule has 1 aromatic heterocycles. The minimum atomic E-state index is 0.500. The zero-order valence-electron chi connectivity index (χ0n) is 12.3. The molecule has 1 saturated heterocycles. The third kappa shape index (κ3) is 3.79. The Kier molecular flexibility index (Phi) is 5.03. The summed E-state index contributed by atoms with van der Waals surface area (Å²) in [6.07, 6.45) is 9.16. The maximum atomic E-state index is 5.54. The zero-order chi connectivity index (χ0) is 13.6. The minimum absolute atomic E-state index is 0.500. The van der Waals surface area contributed by atoms with E-state index in [1.165, 1.54) is 44.9 Å². The summed E-state index contributed by atoms with van der Waals surface area (Å²) in [5.74, 6) is 2.25. The summed E-state index contributed by atoms with van der Waals surface area (Å²) in [5, 5.41) is 7.56. The van der Waals surface area contributed by atoms with Crippen LogP contribution in [0.4, 0.5) is 0 Å². The van der Waals surface area contributed by atoms with Gasteiger partial charge in [-0.25, -0.2) is 0 Å². The fraction of sp³-hybridized carbons (Fsp3) is 0.867. The molecule has 1 aliphatic heterocycles. The highest BCUT2D eigenvalue weighted by molar-refractivity contribution is 4.95. The molecule has 1 N–H and O–H groups in total. The molecule has 0 unspecified atom stereocenters. The molecule has 2 heterocycles. The van der Waals surface area contributed by atoms with Crippen LogP contribution in [0.3, 0.4) is 0 Å². The minimum Gasteiger partial charge on any atom is -0.339 e. The van der Waals surface area contributed by atoms with Crippen molar-refractivity contribution >= 4 is 0 Å². The maximum absolute atomic E-state index is 5.54. The Hall–Kier alpha value is -0.940. The first kappa shape index (κ1) is 14.0. The van der Waals surface area contributed by atoms with Crippen LogP contribution in [0.5, 0.6) is 0 Å². The number of nitrogens with one attached hydrogen (secondary N) is 1. The van der Waals surface area contributed by atoms with Crippen molar-refractivity contribution in [3.8, 4) is 0 Å². The molecule has 0 spiro atoms. The summed E-state index contributed by atoms with van der Waals surface area (Å²) in [6.45, 7) is 5.11. The van der Waals surface area contributed by atoms with Crippen LogP contribution in [0, 0.1) is 0 Å². The first-order valence-electron chi connectivity index (χ1n) is 8.17. The average Bonchev–Trinajstić information content (AvgIpc) is 2.88. The van der Waals surface area contributed by atoms with Crippen LogP contribution in [0.1, 0.15) is 62.6 Å². The van der Waals surface area contributed by atoms with Gasteiger partial charge in [0.05, 0.1) is 6.54 Å². The second-order valence-corrected chi connectivity index (χ2v) is 6.12. The average molecular weight is 278 g/mol. The van der Waals surface area contributed by atoms with Gasteiger partial charge in [0.2, 0.25) is 5.89 Å². The summed E-state index contributed by atoms with van der Waals surface area (Å²) in [4.78, 5) is 7.05. The Morgan fingerprint density at radius 1 is 1.05 bits per heavy atom. The molecule has 0 bridgehead atoms. The van der Waals surface area contributed by atoms with E-state index in [4.69, 9.17) is 4.52 Å².